The predicted molar refractivity (Wildman–Crippen MR) is 74.3 cm³/mol. The first-order chi connectivity index (χ1) is 7.85. The van der Waals surface area contributed by atoms with E-state index in [-0.39, 0.29) is 17.5 Å². The fraction of sp³-hybridized carbons (Fsp3) is 0.667. The largest absolute Gasteiger partial charge is 0.323 e. The van der Waals surface area contributed by atoms with Crippen molar-refractivity contribution < 1.29 is 8.42 Å². The van der Waals surface area contributed by atoms with Crippen molar-refractivity contribution in [3.63, 3.8) is 0 Å². The third-order valence-electron chi connectivity index (χ3n) is 2.96. The van der Waals surface area contributed by atoms with Crippen LogP contribution in [-0.4, -0.2) is 19.9 Å². The van der Waals surface area contributed by atoms with Gasteiger partial charge in [-0.15, -0.1) is 11.3 Å². The highest BCUT2D eigenvalue weighted by Gasteiger charge is 2.12. The van der Waals surface area contributed by atoms with E-state index in [4.69, 9.17) is 5.73 Å². The van der Waals surface area contributed by atoms with Gasteiger partial charge in [-0.1, -0.05) is 6.92 Å². The molecule has 1 aromatic heterocycles. The van der Waals surface area contributed by atoms with Gasteiger partial charge in [0, 0.05) is 21.5 Å². The maximum absolute atomic E-state index is 11.3. The summed E-state index contributed by atoms with van der Waals surface area (Å²) in [6, 6.07) is 2.08. The van der Waals surface area contributed by atoms with Gasteiger partial charge in [0.05, 0.1) is 5.75 Å². The first-order valence-electron chi connectivity index (χ1n) is 5.88. The van der Waals surface area contributed by atoms with Gasteiger partial charge in [0.15, 0.2) is 0 Å². The van der Waals surface area contributed by atoms with Crippen molar-refractivity contribution >= 4 is 21.2 Å². The molecule has 0 aromatic carbocycles. The van der Waals surface area contributed by atoms with E-state index in [1.165, 1.54) is 10.4 Å². The van der Waals surface area contributed by atoms with Gasteiger partial charge < -0.3 is 5.73 Å². The minimum atomic E-state index is -2.85. The molecule has 98 valence electrons. The molecule has 1 rings (SSSR count). The number of hydrogen-bond donors (Lipinski definition) is 1. The fourth-order valence-electron chi connectivity index (χ4n) is 1.59. The van der Waals surface area contributed by atoms with Crippen LogP contribution >= 0.6 is 11.3 Å². The van der Waals surface area contributed by atoms with Crippen LogP contribution in [0.3, 0.4) is 0 Å². The zero-order valence-corrected chi connectivity index (χ0v) is 12.3. The van der Waals surface area contributed by atoms with E-state index in [0.29, 0.717) is 6.42 Å². The standard InChI is InChI=1S/C12H21NO2S2/c1-4-17(14,15)7-5-6-11(13)12-8-9(2)10(3)16-12/h8,11H,4-7,13H2,1-3H3. The molecule has 1 unspecified atom stereocenters. The quantitative estimate of drug-likeness (QED) is 0.868. The summed E-state index contributed by atoms with van der Waals surface area (Å²) in [5.74, 6) is 0.472. The normalized spacial score (nSPS) is 13.9. The molecular weight excluding hydrogens is 254 g/mol. The van der Waals surface area contributed by atoms with Crippen LogP contribution in [0.1, 0.15) is 41.1 Å². The Morgan fingerprint density at radius 3 is 2.53 bits per heavy atom. The zero-order chi connectivity index (χ0) is 13.1. The second kappa shape index (κ2) is 5.98. The lowest BCUT2D eigenvalue weighted by Crippen LogP contribution is -2.13. The molecule has 0 spiro atoms. The molecule has 2 N–H and O–H groups in total. The van der Waals surface area contributed by atoms with Crippen molar-refractivity contribution in [2.24, 2.45) is 5.73 Å². The molecule has 0 aliphatic heterocycles. The molecule has 0 bridgehead atoms. The molecular formula is C12H21NO2S2. The molecule has 0 amide bonds. The Labute approximate surface area is 108 Å². The number of thiophene rings is 1. The van der Waals surface area contributed by atoms with Gasteiger partial charge in [-0.05, 0) is 38.3 Å². The summed E-state index contributed by atoms with van der Waals surface area (Å²) in [5.41, 5.74) is 7.33. The van der Waals surface area contributed by atoms with Crippen molar-refractivity contribution in [3.05, 3.63) is 21.4 Å². The van der Waals surface area contributed by atoms with Crippen molar-refractivity contribution in [1.29, 1.82) is 0 Å². The third kappa shape index (κ3) is 4.41. The molecule has 0 aliphatic carbocycles. The first kappa shape index (κ1) is 14.7. The van der Waals surface area contributed by atoms with Gasteiger partial charge in [0.25, 0.3) is 0 Å². The molecule has 0 saturated carbocycles. The predicted octanol–water partition coefficient (Wildman–Crippen LogP) is 2.58. The van der Waals surface area contributed by atoms with Crippen LogP contribution in [0, 0.1) is 13.8 Å². The minimum Gasteiger partial charge on any atom is -0.323 e. The summed E-state index contributed by atoms with van der Waals surface area (Å²) in [7, 11) is -2.85. The number of aryl methyl sites for hydroxylation is 2. The maximum Gasteiger partial charge on any atom is 0.150 e. The molecule has 1 heterocycles. The Balaban J connectivity index is 2.48. The zero-order valence-electron chi connectivity index (χ0n) is 10.7. The van der Waals surface area contributed by atoms with Gasteiger partial charge in [-0.2, -0.15) is 0 Å². The smallest absolute Gasteiger partial charge is 0.150 e. The Hall–Kier alpha value is -0.390. The Morgan fingerprint density at radius 2 is 2.06 bits per heavy atom. The van der Waals surface area contributed by atoms with Crippen LogP contribution in [0.2, 0.25) is 0 Å². The second-order valence-corrected chi connectivity index (χ2v) is 8.13. The molecule has 0 fully saturated rings. The van der Waals surface area contributed by atoms with Gasteiger partial charge in [0.2, 0.25) is 0 Å². The molecule has 0 saturated heterocycles. The number of sulfone groups is 1. The first-order valence-corrected chi connectivity index (χ1v) is 8.52. The molecule has 1 aromatic rings. The summed E-state index contributed by atoms with van der Waals surface area (Å²) >= 11 is 1.71. The topological polar surface area (TPSA) is 60.2 Å². The van der Waals surface area contributed by atoms with Crippen LogP contribution in [0.15, 0.2) is 6.07 Å². The summed E-state index contributed by atoms with van der Waals surface area (Å²) in [6.07, 6.45) is 1.38. The summed E-state index contributed by atoms with van der Waals surface area (Å²) in [5, 5.41) is 0. The summed E-state index contributed by atoms with van der Waals surface area (Å²) in [6.45, 7) is 5.84. The van der Waals surface area contributed by atoms with E-state index in [9.17, 15) is 8.42 Å². The SMILES string of the molecule is CCS(=O)(=O)CCCC(N)c1cc(C)c(C)s1. The van der Waals surface area contributed by atoms with E-state index in [0.717, 1.165) is 11.3 Å². The third-order valence-corrected chi connectivity index (χ3v) is 6.04. The number of hydrogen-bond acceptors (Lipinski definition) is 4. The fourth-order valence-corrected chi connectivity index (χ4v) is 3.57. The van der Waals surface area contributed by atoms with E-state index < -0.39 is 9.84 Å². The average molecular weight is 275 g/mol. The Bertz CT molecular complexity index is 443. The lowest BCUT2D eigenvalue weighted by Gasteiger charge is -2.09. The highest BCUT2D eigenvalue weighted by Crippen LogP contribution is 2.27. The molecule has 5 heteroatoms. The minimum absolute atomic E-state index is 0.0283. The van der Waals surface area contributed by atoms with Gasteiger partial charge >= 0.3 is 0 Å². The van der Waals surface area contributed by atoms with Crippen LogP contribution in [0.25, 0.3) is 0 Å². The second-order valence-electron chi connectivity index (χ2n) is 4.37. The van der Waals surface area contributed by atoms with Gasteiger partial charge in [0.1, 0.15) is 9.84 Å². The maximum atomic E-state index is 11.3. The van der Waals surface area contributed by atoms with Gasteiger partial charge in [-0.3, -0.25) is 0 Å². The average Bonchev–Trinajstić information content (AvgIpc) is 2.59. The van der Waals surface area contributed by atoms with E-state index >= 15 is 0 Å². The highest BCUT2D eigenvalue weighted by molar-refractivity contribution is 7.91. The lowest BCUT2D eigenvalue weighted by molar-refractivity contribution is 0.585. The Kier molecular flexibility index (Phi) is 5.16. The molecule has 0 radical (unpaired) electrons. The molecule has 1 atom stereocenters. The summed E-state index contributed by atoms with van der Waals surface area (Å²) < 4.78 is 22.7. The van der Waals surface area contributed by atoms with Gasteiger partial charge in [-0.25, -0.2) is 8.42 Å². The van der Waals surface area contributed by atoms with E-state index in [1.807, 2.05) is 0 Å². The Morgan fingerprint density at radius 1 is 1.41 bits per heavy atom. The lowest BCUT2D eigenvalue weighted by atomic mass is 10.1. The van der Waals surface area contributed by atoms with Crippen molar-refractivity contribution in [3.8, 4) is 0 Å². The van der Waals surface area contributed by atoms with E-state index in [2.05, 4.69) is 19.9 Å². The van der Waals surface area contributed by atoms with E-state index in [1.54, 1.807) is 18.3 Å². The highest BCUT2D eigenvalue weighted by atomic mass is 32.2. The van der Waals surface area contributed by atoms with Crippen LogP contribution < -0.4 is 5.73 Å². The van der Waals surface area contributed by atoms with Crippen molar-refractivity contribution in [2.75, 3.05) is 11.5 Å². The number of nitrogens with two attached hydrogens (primary N) is 1. The van der Waals surface area contributed by atoms with Crippen molar-refractivity contribution in [2.45, 2.75) is 39.7 Å². The monoisotopic (exact) mass is 275 g/mol. The number of rotatable bonds is 6. The summed E-state index contributed by atoms with van der Waals surface area (Å²) in [4.78, 5) is 2.45. The molecule has 17 heavy (non-hydrogen) atoms. The van der Waals surface area contributed by atoms with Crippen LogP contribution in [-0.2, 0) is 9.84 Å². The van der Waals surface area contributed by atoms with Crippen molar-refractivity contribution in [1.82, 2.24) is 0 Å². The van der Waals surface area contributed by atoms with Crippen LogP contribution in [0.5, 0.6) is 0 Å². The molecule has 0 aliphatic rings. The molecule has 3 nitrogen and oxygen atoms in total. The van der Waals surface area contributed by atoms with Crippen LogP contribution in [0.4, 0.5) is 0 Å².